The smallest absolute Gasteiger partial charge is 0.345 e. The van der Waals surface area contributed by atoms with Crippen LogP contribution >= 0.6 is 0 Å². The first kappa shape index (κ1) is 20.6. The zero-order valence-electron chi connectivity index (χ0n) is 17.5. The summed E-state index contributed by atoms with van der Waals surface area (Å²) in [6.07, 6.45) is 3.45. The fraction of sp³-hybridized carbons (Fsp3) is 0.636. The molecule has 2 saturated heterocycles. The third-order valence-electron chi connectivity index (χ3n) is 6.04. The van der Waals surface area contributed by atoms with Gasteiger partial charge < -0.3 is 10.2 Å². The number of hydrogen-bond acceptors (Lipinski definition) is 3. The number of hydrogen-bond donors (Lipinski definition) is 1. The molecule has 1 N–H and O–H groups in total. The standard InChI is InChI=1S/C22H33N3O3/c1-5-22(3,4)13-16(2)23-20(26)19-12-11-18-14-24(19)21(27)25(18)28-15-17-9-7-6-8-10-17/h6-10,16,18-19H,5,11-15H2,1-4H3,(H,23,26)/t16?,18-,19+/m1/s1. The summed E-state index contributed by atoms with van der Waals surface area (Å²) in [5.41, 5.74) is 1.21. The van der Waals surface area contributed by atoms with Gasteiger partial charge in [-0.3, -0.25) is 9.63 Å². The Bertz CT molecular complexity index is 692. The number of amides is 3. The van der Waals surface area contributed by atoms with E-state index in [1.165, 1.54) is 5.06 Å². The van der Waals surface area contributed by atoms with Crippen molar-refractivity contribution in [3.05, 3.63) is 35.9 Å². The average molecular weight is 388 g/mol. The van der Waals surface area contributed by atoms with E-state index in [1.807, 2.05) is 37.3 Å². The summed E-state index contributed by atoms with van der Waals surface area (Å²) in [6.45, 7) is 9.56. The topological polar surface area (TPSA) is 61.9 Å². The lowest BCUT2D eigenvalue weighted by atomic mass is 9.83. The van der Waals surface area contributed by atoms with Crippen LogP contribution in [0.5, 0.6) is 0 Å². The van der Waals surface area contributed by atoms with Crippen LogP contribution in [0.2, 0.25) is 0 Å². The van der Waals surface area contributed by atoms with E-state index in [2.05, 4.69) is 26.1 Å². The van der Waals surface area contributed by atoms with E-state index >= 15 is 0 Å². The Morgan fingerprint density at radius 1 is 1.29 bits per heavy atom. The number of carbonyl (C=O) groups excluding carboxylic acids is 2. The first-order valence-electron chi connectivity index (χ1n) is 10.4. The summed E-state index contributed by atoms with van der Waals surface area (Å²) in [7, 11) is 0. The second-order valence-electron chi connectivity index (χ2n) is 8.90. The third-order valence-corrected chi connectivity index (χ3v) is 6.04. The van der Waals surface area contributed by atoms with Crippen LogP contribution in [0.1, 0.15) is 58.9 Å². The highest BCUT2D eigenvalue weighted by atomic mass is 16.7. The first-order valence-corrected chi connectivity index (χ1v) is 10.4. The summed E-state index contributed by atoms with van der Waals surface area (Å²) in [6, 6.07) is 9.32. The summed E-state index contributed by atoms with van der Waals surface area (Å²) in [4.78, 5) is 33.2. The largest absolute Gasteiger partial charge is 0.352 e. The highest BCUT2D eigenvalue weighted by Gasteiger charge is 2.48. The fourth-order valence-corrected chi connectivity index (χ4v) is 4.15. The van der Waals surface area contributed by atoms with Gasteiger partial charge in [0.05, 0.1) is 6.04 Å². The molecule has 0 spiro atoms. The van der Waals surface area contributed by atoms with E-state index in [0.717, 1.165) is 24.8 Å². The molecule has 2 heterocycles. The summed E-state index contributed by atoms with van der Waals surface area (Å²) in [5.74, 6) is -0.0453. The summed E-state index contributed by atoms with van der Waals surface area (Å²) < 4.78 is 0. The van der Waals surface area contributed by atoms with E-state index in [-0.39, 0.29) is 29.4 Å². The number of nitrogens with one attached hydrogen (secondary N) is 1. The molecule has 1 aromatic rings. The van der Waals surface area contributed by atoms with Crippen LogP contribution in [-0.4, -0.2) is 46.6 Å². The van der Waals surface area contributed by atoms with E-state index in [1.54, 1.807) is 4.90 Å². The van der Waals surface area contributed by atoms with Gasteiger partial charge in [0.1, 0.15) is 12.6 Å². The lowest BCUT2D eigenvalue weighted by molar-refractivity contribution is -0.140. The summed E-state index contributed by atoms with van der Waals surface area (Å²) in [5, 5.41) is 4.60. The zero-order valence-corrected chi connectivity index (χ0v) is 17.5. The molecule has 28 heavy (non-hydrogen) atoms. The Labute approximate surface area is 168 Å². The highest BCUT2D eigenvalue weighted by molar-refractivity contribution is 5.88. The predicted molar refractivity (Wildman–Crippen MR) is 108 cm³/mol. The zero-order chi connectivity index (χ0) is 20.3. The van der Waals surface area contributed by atoms with Gasteiger partial charge in [0.15, 0.2) is 0 Å². The molecular formula is C22H33N3O3. The van der Waals surface area contributed by atoms with Crippen LogP contribution in [0.3, 0.4) is 0 Å². The van der Waals surface area contributed by atoms with Gasteiger partial charge in [0.2, 0.25) is 5.91 Å². The van der Waals surface area contributed by atoms with Crippen LogP contribution in [0.15, 0.2) is 30.3 Å². The van der Waals surface area contributed by atoms with Crippen molar-refractivity contribution >= 4 is 11.9 Å². The van der Waals surface area contributed by atoms with Crippen molar-refractivity contribution in [1.29, 1.82) is 0 Å². The predicted octanol–water partition coefficient (Wildman–Crippen LogP) is 3.72. The van der Waals surface area contributed by atoms with Crippen LogP contribution < -0.4 is 5.32 Å². The van der Waals surface area contributed by atoms with Crippen LogP contribution in [-0.2, 0) is 16.2 Å². The molecule has 6 heteroatoms. The van der Waals surface area contributed by atoms with E-state index in [4.69, 9.17) is 4.84 Å². The van der Waals surface area contributed by atoms with Gasteiger partial charge in [0.25, 0.3) is 0 Å². The molecule has 0 aliphatic carbocycles. The Kier molecular flexibility index (Phi) is 6.28. The normalized spacial score (nSPS) is 23.1. The Hall–Kier alpha value is -2.08. The van der Waals surface area contributed by atoms with E-state index < -0.39 is 6.04 Å². The van der Waals surface area contributed by atoms with Gasteiger partial charge in [-0.05, 0) is 37.2 Å². The molecular weight excluding hydrogens is 354 g/mol. The monoisotopic (exact) mass is 387 g/mol. The van der Waals surface area contributed by atoms with Crippen LogP contribution in [0.4, 0.5) is 4.79 Å². The number of urea groups is 1. The number of fused-ring (bicyclic) bond motifs is 2. The number of hydroxylamine groups is 2. The number of piperidine rings is 1. The van der Waals surface area contributed by atoms with Crippen LogP contribution in [0.25, 0.3) is 0 Å². The molecule has 0 aromatic heterocycles. The van der Waals surface area contributed by atoms with Crippen LogP contribution in [0, 0.1) is 5.41 Å². The number of rotatable bonds is 8. The molecule has 2 fully saturated rings. The van der Waals surface area contributed by atoms with Crippen molar-refractivity contribution in [2.75, 3.05) is 6.54 Å². The van der Waals surface area contributed by atoms with Gasteiger partial charge in [0, 0.05) is 12.6 Å². The van der Waals surface area contributed by atoms with Crippen molar-refractivity contribution in [3.63, 3.8) is 0 Å². The quantitative estimate of drug-likeness (QED) is 0.739. The second kappa shape index (κ2) is 8.52. The lowest BCUT2D eigenvalue weighted by Crippen LogP contribution is -2.52. The minimum atomic E-state index is -0.402. The van der Waals surface area contributed by atoms with Gasteiger partial charge >= 0.3 is 6.03 Å². The van der Waals surface area contributed by atoms with Crippen molar-refractivity contribution < 1.29 is 14.4 Å². The molecule has 1 unspecified atom stereocenters. The van der Waals surface area contributed by atoms with E-state index in [9.17, 15) is 9.59 Å². The second-order valence-corrected chi connectivity index (χ2v) is 8.90. The molecule has 154 valence electrons. The molecule has 6 nitrogen and oxygen atoms in total. The van der Waals surface area contributed by atoms with Gasteiger partial charge in [-0.25, -0.2) is 4.79 Å². The first-order chi connectivity index (χ1) is 13.3. The number of nitrogens with zero attached hydrogens (tertiary/aromatic N) is 2. The fourth-order valence-electron chi connectivity index (χ4n) is 4.15. The molecule has 0 radical (unpaired) electrons. The molecule has 3 atom stereocenters. The molecule has 2 aliphatic rings. The Morgan fingerprint density at radius 2 is 2.00 bits per heavy atom. The van der Waals surface area contributed by atoms with Gasteiger partial charge in [-0.2, -0.15) is 5.06 Å². The summed E-state index contributed by atoms with van der Waals surface area (Å²) >= 11 is 0. The molecule has 1 aromatic carbocycles. The van der Waals surface area contributed by atoms with Crippen molar-refractivity contribution in [1.82, 2.24) is 15.3 Å². The van der Waals surface area contributed by atoms with Crippen molar-refractivity contribution in [2.45, 2.75) is 78.1 Å². The van der Waals surface area contributed by atoms with E-state index in [0.29, 0.717) is 19.6 Å². The van der Waals surface area contributed by atoms with Gasteiger partial charge in [-0.15, -0.1) is 0 Å². The van der Waals surface area contributed by atoms with Crippen molar-refractivity contribution in [3.8, 4) is 0 Å². The average Bonchev–Trinajstić information content (AvgIpc) is 2.90. The molecule has 3 rings (SSSR count). The number of carbonyl (C=O) groups is 2. The Morgan fingerprint density at radius 3 is 2.68 bits per heavy atom. The minimum absolute atomic E-state index is 0.0247. The Balaban J connectivity index is 1.56. The lowest BCUT2D eigenvalue weighted by Gasteiger charge is -2.32. The molecule has 2 aliphatic heterocycles. The molecule has 2 bridgehead atoms. The highest BCUT2D eigenvalue weighted by Crippen LogP contribution is 2.31. The maximum Gasteiger partial charge on any atom is 0.345 e. The van der Waals surface area contributed by atoms with Crippen molar-refractivity contribution in [2.24, 2.45) is 5.41 Å². The molecule has 3 amide bonds. The van der Waals surface area contributed by atoms with Gasteiger partial charge in [-0.1, -0.05) is 57.5 Å². The number of benzene rings is 1. The third kappa shape index (κ3) is 4.66. The maximum absolute atomic E-state index is 12.8. The SMILES string of the molecule is CCC(C)(C)CC(C)NC(=O)[C@@H]1CC[C@@H]2CN1C(=O)N2OCc1ccccc1. The maximum atomic E-state index is 12.8. The minimum Gasteiger partial charge on any atom is -0.352 e. The molecule has 0 saturated carbocycles.